The van der Waals surface area contributed by atoms with Crippen molar-refractivity contribution >= 4 is 34.5 Å². The molecule has 0 spiro atoms. The minimum absolute atomic E-state index is 0.0360. The number of amides is 1. The number of aromatic hydroxyl groups is 1. The van der Waals surface area contributed by atoms with E-state index in [2.05, 4.69) is 27.3 Å². The van der Waals surface area contributed by atoms with Gasteiger partial charge in [0.25, 0.3) is 5.91 Å². The zero-order valence-electron chi connectivity index (χ0n) is 11.8. The van der Waals surface area contributed by atoms with Crippen molar-refractivity contribution in [3.05, 3.63) is 27.3 Å². The molecule has 0 aliphatic heterocycles. The average Bonchev–Trinajstić information content (AvgIpc) is 3.00. The predicted octanol–water partition coefficient (Wildman–Crippen LogP) is 2.55. The minimum atomic E-state index is -0.444. The van der Waals surface area contributed by atoms with Crippen LogP contribution in [0.4, 0.5) is 0 Å². The van der Waals surface area contributed by atoms with Crippen LogP contribution in [-0.2, 0) is 9.53 Å². The van der Waals surface area contributed by atoms with Crippen LogP contribution in [0, 0.1) is 3.57 Å². The van der Waals surface area contributed by atoms with Gasteiger partial charge in [0.15, 0.2) is 0 Å². The van der Waals surface area contributed by atoms with E-state index in [0.29, 0.717) is 0 Å². The van der Waals surface area contributed by atoms with Gasteiger partial charge in [-0.25, -0.2) is 0 Å². The molecule has 1 saturated carbocycles. The molecule has 1 N–H and O–H groups in total. The number of phenolic OH excluding ortho intramolecular Hbond substituents is 1. The number of carbonyl (C=O) groups is 2. The Morgan fingerprint density at radius 1 is 1.38 bits per heavy atom. The molecule has 21 heavy (non-hydrogen) atoms. The highest BCUT2D eigenvalue weighted by Crippen LogP contribution is 2.28. The molecule has 5 nitrogen and oxygen atoms in total. The molecule has 2 rings (SSSR count). The molecule has 0 bridgehead atoms. The lowest BCUT2D eigenvalue weighted by atomic mass is 10.1. The van der Waals surface area contributed by atoms with Gasteiger partial charge in [-0.1, -0.05) is 12.8 Å². The normalized spacial score (nSPS) is 15.0. The first-order valence-corrected chi connectivity index (χ1v) is 7.97. The lowest BCUT2D eigenvalue weighted by Crippen LogP contribution is -2.42. The number of phenols is 1. The third-order valence-electron chi connectivity index (χ3n) is 3.74. The van der Waals surface area contributed by atoms with Gasteiger partial charge in [0.05, 0.1) is 12.7 Å². The summed E-state index contributed by atoms with van der Waals surface area (Å²) >= 11 is 2.09. The number of methoxy groups -OCH3 is 1. The van der Waals surface area contributed by atoms with Crippen LogP contribution in [0.25, 0.3) is 0 Å². The van der Waals surface area contributed by atoms with E-state index in [1.54, 1.807) is 12.1 Å². The van der Waals surface area contributed by atoms with Crippen molar-refractivity contribution in [2.45, 2.75) is 31.7 Å². The molecule has 1 aromatic rings. The summed E-state index contributed by atoms with van der Waals surface area (Å²) in [6.07, 6.45) is 3.86. The molecule has 0 heterocycles. The van der Waals surface area contributed by atoms with Crippen LogP contribution in [0.1, 0.15) is 36.0 Å². The van der Waals surface area contributed by atoms with Crippen LogP contribution in [0.5, 0.6) is 5.75 Å². The average molecular weight is 403 g/mol. The molecular weight excluding hydrogens is 385 g/mol. The Hall–Kier alpha value is -1.31. The zero-order valence-corrected chi connectivity index (χ0v) is 14.0. The summed E-state index contributed by atoms with van der Waals surface area (Å²) in [5.41, 5.74) is 0.234. The number of carbonyl (C=O) groups excluding carboxylic acids is 2. The number of rotatable bonds is 4. The fourth-order valence-electron chi connectivity index (χ4n) is 2.62. The van der Waals surface area contributed by atoms with Crippen molar-refractivity contribution in [2.75, 3.05) is 13.7 Å². The molecule has 0 saturated heterocycles. The van der Waals surface area contributed by atoms with Gasteiger partial charge in [0.2, 0.25) is 0 Å². The van der Waals surface area contributed by atoms with Crippen molar-refractivity contribution in [1.29, 1.82) is 0 Å². The van der Waals surface area contributed by atoms with Gasteiger partial charge in [-0.2, -0.15) is 0 Å². The summed E-state index contributed by atoms with van der Waals surface area (Å²) in [5.74, 6) is -0.822. The van der Waals surface area contributed by atoms with Crippen molar-refractivity contribution in [1.82, 2.24) is 4.90 Å². The van der Waals surface area contributed by atoms with E-state index in [4.69, 9.17) is 0 Å². The number of ether oxygens (including phenoxy) is 1. The maximum atomic E-state index is 12.7. The van der Waals surface area contributed by atoms with E-state index in [1.165, 1.54) is 18.1 Å². The third-order valence-corrected chi connectivity index (χ3v) is 4.41. The molecule has 1 aromatic carbocycles. The van der Waals surface area contributed by atoms with Gasteiger partial charge in [0, 0.05) is 9.61 Å². The number of esters is 1. The Morgan fingerprint density at radius 2 is 2.05 bits per heavy atom. The van der Waals surface area contributed by atoms with Crippen molar-refractivity contribution in [3.8, 4) is 5.75 Å². The first-order valence-electron chi connectivity index (χ1n) is 6.89. The first kappa shape index (κ1) is 16.1. The quantitative estimate of drug-likeness (QED) is 0.620. The highest BCUT2D eigenvalue weighted by Gasteiger charge is 2.30. The van der Waals surface area contributed by atoms with E-state index in [1.807, 2.05) is 0 Å². The largest absolute Gasteiger partial charge is 0.507 e. The SMILES string of the molecule is COC(=O)CN(C(=O)c1cc(I)ccc1O)C1CCCC1. The van der Waals surface area contributed by atoms with E-state index < -0.39 is 5.97 Å². The Kier molecular flexibility index (Phi) is 5.44. The van der Waals surface area contributed by atoms with Crippen molar-refractivity contribution in [3.63, 3.8) is 0 Å². The van der Waals surface area contributed by atoms with Gasteiger partial charge in [-0.15, -0.1) is 0 Å². The summed E-state index contributed by atoms with van der Waals surface area (Å²) in [6.45, 7) is -0.0785. The number of halogens is 1. The van der Waals surface area contributed by atoms with Crippen LogP contribution in [0.2, 0.25) is 0 Å². The molecule has 0 aromatic heterocycles. The highest BCUT2D eigenvalue weighted by molar-refractivity contribution is 14.1. The molecule has 0 unspecified atom stereocenters. The van der Waals surface area contributed by atoms with Crippen molar-refractivity contribution < 1.29 is 19.4 Å². The fourth-order valence-corrected chi connectivity index (χ4v) is 3.11. The topological polar surface area (TPSA) is 66.8 Å². The highest BCUT2D eigenvalue weighted by atomic mass is 127. The summed E-state index contributed by atoms with van der Waals surface area (Å²) < 4.78 is 5.54. The second kappa shape index (κ2) is 7.11. The molecule has 1 amide bonds. The molecule has 0 radical (unpaired) electrons. The predicted molar refractivity (Wildman–Crippen MR) is 86.1 cm³/mol. The van der Waals surface area contributed by atoms with Gasteiger partial charge < -0.3 is 14.7 Å². The van der Waals surface area contributed by atoms with Crippen LogP contribution in [-0.4, -0.2) is 41.6 Å². The number of hydrogen-bond donors (Lipinski definition) is 1. The Labute approximate surface area is 137 Å². The molecule has 1 aliphatic rings. The summed E-state index contributed by atoms with van der Waals surface area (Å²) in [7, 11) is 1.31. The minimum Gasteiger partial charge on any atom is -0.507 e. The van der Waals surface area contributed by atoms with Crippen LogP contribution >= 0.6 is 22.6 Å². The summed E-state index contributed by atoms with van der Waals surface area (Å²) in [5, 5.41) is 9.92. The molecule has 0 atom stereocenters. The zero-order chi connectivity index (χ0) is 15.4. The van der Waals surface area contributed by atoms with Gasteiger partial charge in [-0.3, -0.25) is 9.59 Å². The molecular formula is C15H18INO4. The Bertz CT molecular complexity index is 540. The number of benzene rings is 1. The first-order chi connectivity index (χ1) is 10.0. The second-order valence-electron chi connectivity index (χ2n) is 5.11. The maximum Gasteiger partial charge on any atom is 0.325 e. The lowest BCUT2D eigenvalue weighted by molar-refractivity contribution is -0.141. The lowest BCUT2D eigenvalue weighted by Gasteiger charge is -2.28. The van der Waals surface area contributed by atoms with Gasteiger partial charge in [-0.05, 0) is 53.6 Å². The standard InChI is InChI=1S/C15H18INO4/c1-21-14(19)9-17(11-4-2-3-5-11)15(20)12-8-10(16)6-7-13(12)18/h6-8,11,18H,2-5,9H2,1H3. The maximum absolute atomic E-state index is 12.7. The summed E-state index contributed by atoms with van der Waals surface area (Å²) in [6, 6.07) is 4.90. The van der Waals surface area contributed by atoms with Crippen LogP contribution in [0.15, 0.2) is 18.2 Å². The fraction of sp³-hybridized carbons (Fsp3) is 0.467. The van der Waals surface area contributed by atoms with E-state index >= 15 is 0 Å². The van der Waals surface area contributed by atoms with E-state index in [0.717, 1.165) is 29.3 Å². The Morgan fingerprint density at radius 3 is 2.67 bits per heavy atom. The molecule has 1 fully saturated rings. The number of hydrogen-bond acceptors (Lipinski definition) is 4. The van der Waals surface area contributed by atoms with Crippen molar-refractivity contribution in [2.24, 2.45) is 0 Å². The van der Waals surface area contributed by atoms with Gasteiger partial charge >= 0.3 is 5.97 Å². The van der Waals surface area contributed by atoms with Crippen LogP contribution < -0.4 is 0 Å². The summed E-state index contributed by atoms with van der Waals surface area (Å²) in [4.78, 5) is 25.8. The van der Waals surface area contributed by atoms with E-state index in [-0.39, 0.29) is 29.8 Å². The van der Waals surface area contributed by atoms with Crippen LogP contribution in [0.3, 0.4) is 0 Å². The number of nitrogens with zero attached hydrogens (tertiary/aromatic N) is 1. The Balaban J connectivity index is 2.28. The monoisotopic (exact) mass is 403 g/mol. The third kappa shape index (κ3) is 3.87. The molecule has 1 aliphatic carbocycles. The second-order valence-corrected chi connectivity index (χ2v) is 6.35. The van der Waals surface area contributed by atoms with E-state index in [9.17, 15) is 14.7 Å². The molecule has 6 heteroatoms. The molecule has 114 valence electrons. The van der Waals surface area contributed by atoms with Gasteiger partial charge in [0.1, 0.15) is 12.3 Å². The smallest absolute Gasteiger partial charge is 0.325 e.